The molecule has 2 N–H and O–H groups in total. The summed E-state index contributed by atoms with van der Waals surface area (Å²) in [5, 5.41) is 6.19. The van der Waals surface area contributed by atoms with Gasteiger partial charge in [0.1, 0.15) is 0 Å². The van der Waals surface area contributed by atoms with Gasteiger partial charge >= 0.3 is 0 Å². The summed E-state index contributed by atoms with van der Waals surface area (Å²) in [6.07, 6.45) is 6.71. The standard InChI is InChI=1S/C11H20N2O/c14-11(10-7-12-8-10)13-6-9-4-2-1-3-5-9/h9-10,12H,1-8H2,(H,13,14). The maximum absolute atomic E-state index is 11.5. The number of rotatable bonds is 3. The predicted molar refractivity (Wildman–Crippen MR) is 55.9 cm³/mol. The predicted octanol–water partition coefficient (Wildman–Crippen LogP) is 0.902. The Morgan fingerprint density at radius 2 is 1.93 bits per heavy atom. The average Bonchev–Trinajstić information content (AvgIpc) is 2.14. The molecule has 1 aliphatic carbocycles. The molecule has 0 bridgehead atoms. The highest BCUT2D eigenvalue weighted by molar-refractivity contribution is 5.79. The Labute approximate surface area is 85.6 Å². The van der Waals surface area contributed by atoms with E-state index in [1.165, 1.54) is 32.1 Å². The van der Waals surface area contributed by atoms with Crippen LogP contribution in [0.25, 0.3) is 0 Å². The molecule has 1 saturated heterocycles. The zero-order chi connectivity index (χ0) is 9.80. The molecule has 3 heteroatoms. The van der Waals surface area contributed by atoms with Crippen LogP contribution >= 0.6 is 0 Å². The van der Waals surface area contributed by atoms with Gasteiger partial charge in [-0.1, -0.05) is 19.3 Å². The van der Waals surface area contributed by atoms with E-state index in [0.717, 1.165) is 25.6 Å². The Kier molecular flexibility index (Phi) is 3.40. The summed E-state index contributed by atoms with van der Waals surface area (Å²) in [7, 11) is 0. The van der Waals surface area contributed by atoms with Crippen molar-refractivity contribution < 1.29 is 4.79 Å². The zero-order valence-corrected chi connectivity index (χ0v) is 8.72. The molecule has 2 fully saturated rings. The van der Waals surface area contributed by atoms with E-state index in [1.54, 1.807) is 0 Å². The van der Waals surface area contributed by atoms with Crippen LogP contribution in [0, 0.1) is 11.8 Å². The van der Waals surface area contributed by atoms with Crippen molar-refractivity contribution in [3.8, 4) is 0 Å². The highest BCUT2D eigenvalue weighted by Gasteiger charge is 2.25. The van der Waals surface area contributed by atoms with Gasteiger partial charge in [0.2, 0.25) is 5.91 Å². The van der Waals surface area contributed by atoms with Crippen molar-refractivity contribution in [3.05, 3.63) is 0 Å². The molecular formula is C11H20N2O. The van der Waals surface area contributed by atoms with E-state index in [0.29, 0.717) is 0 Å². The van der Waals surface area contributed by atoms with Crippen LogP contribution in [0.4, 0.5) is 0 Å². The molecule has 0 unspecified atom stereocenters. The lowest BCUT2D eigenvalue weighted by atomic mass is 9.89. The second kappa shape index (κ2) is 4.78. The van der Waals surface area contributed by atoms with Crippen LogP contribution in [0.5, 0.6) is 0 Å². The number of hydrogen-bond acceptors (Lipinski definition) is 2. The topological polar surface area (TPSA) is 41.1 Å². The first-order valence-corrected chi connectivity index (χ1v) is 5.84. The first-order chi connectivity index (χ1) is 6.86. The van der Waals surface area contributed by atoms with Gasteiger partial charge in [-0.3, -0.25) is 4.79 Å². The number of nitrogens with one attached hydrogen (secondary N) is 2. The lowest BCUT2D eigenvalue weighted by Crippen LogP contribution is -2.51. The summed E-state index contributed by atoms with van der Waals surface area (Å²) >= 11 is 0. The summed E-state index contributed by atoms with van der Waals surface area (Å²) in [6.45, 7) is 2.66. The Morgan fingerprint density at radius 3 is 2.50 bits per heavy atom. The van der Waals surface area contributed by atoms with Gasteiger partial charge in [0.05, 0.1) is 5.92 Å². The molecule has 80 valence electrons. The minimum Gasteiger partial charge on any atom is -0.356 e. The van der Waals surface area contributed by atoms with Crippen molar-refractivity contribution in [2.75, 3.05) is 19.6 Å². The van der Waals surface area contributed by atoms with Crippen LogP contribution in [-0.2, 0) is 4.79 Å². The van der Waals surface area contributed by atoms with Crippen LogP contribution in [0.15, 0.2) is 0 Å². The van der Waals surface area contributed by atoms with Crippen LogP contribution in [0.1, 0.15) is 32.1 Å². The van der Waals surface area contributed by atoms with E-state index >= 15 is 0 Å². The molecule has 0 radical (unpaired) electrons. The minimum atomic E-state index is 0.249. The average molecular weight is 196 g/mol. The number of carbonyl (C=O) groups is 1. The summed E-state index contributed by atoms with van der Waals surface area (Å²) in [6, 6.07) is 0. The van der Waals surface area contributed by atoms with Gasteiger partial charge in [0.25, 0.3) is 0 Å². The molecule has 0 atom stereocenters. The van der Waals surface area contributed by atoms with Gasteiger partial charge in [0.15, 0.2) is 0 Å². The normalized spacial score (nSPS) is 24.3. The molecule has 2 rings (SSSR count). The van der Waals surface area contributed by atoms with E-state index in [4.69, 9.17) is 0 Å². The molecule has 0 spiro atoms. The van der Waals surface area contributed by atoms with E-state index in [-0.39, 0.29) is 11.8 Å². The maximum Gasteiger partial charge on any atom is 0.225 e. The second-order valence-corrected chi connectivity index (χ2v) is 4.60. The second-order valence-electron chi connectivity index (χ2n) is 4.60. The Bertz CT molecular complexity index is 195. The molecule has 1 amide bonds. The summed E-state index contributed by atoms with van der Waals surface area (Å²) in [4.78, 5) is 11.5. The first kappa shape index (κ1) is 9.97. The number of hydrogen-bond donors (Lipinski definition) is 2. The molecule has 2 aliphatic rings. The fraction of sp³-hybridized carbons (Fsp3) is 0.909. The Hall–Kier alpha value is -0.570. The third kappa shape index (κ3) is 2.47. The van der Waals surface area contributed by atoms with Crippen molar-refractivity contribution in [2.24, 2.45) is 11.8 Å². The summed E-state index contributed by atoms with van der Waals surface area (Å²) in [5.74, 6) is 1.26. The van der Waals surface area contributed by atoms with Gasteiger partial charge in [-0.05, 0) is 18.8 Å². The van der Waals surface area contributed by atoms with Gasteiger partial charge < -0.3 is 10.6 Å². The van der Waals surface area contributed by atoms with Crippen LogP contribution in [0.2, 0.25) is 0 Å². The maximum atomic E-state index is 11.5. The highest BCUT2D eigenvalue weighted by Crippen LogP contribution is 2.22. The van der Waals surface area contributed by atoms with Crippen molar-refractivity contribution >= 4 is 5.91 Å². The van der Waals surface area contributed by atoms with Crippen molar-refractivity contribution in [1.29, 1.82) is 0 Å². The van der Waals surface area contributed by atoms with Crippen molar-refractivity contribution in [2.45, 2.75) is 32.1 Å². The lowest BCUT2D eigenvalue weighted by Gasteiger charge is -2.28. The number of carbonyl (C=O) groups excluding carboxylic acids is 1. The first-order valence-electron chi connectivity index (χ1n) is 5.84. The highest BCUT2D eigenvalue weighted by atomic mass is 16.2. The molecule has 14 heavy (non-hydrogen) atoms. The fourth-order valence-corrected chi connectivity index (χ4v) is 2.25. The van der Waals surface area contributed by atoms with Crippen LogP contribution < -0.4 is 10.6 Å². The molecular weight excluding hydrogens is 176 g/mol. The third-order valence-corrected chi connectivity index (χ3v) is 3.44. The molecule has 1 saturated carbocycles. The molecule has 3 nitrogen and oxygen atoms in total. The van der Waals surface area contributed by atoms with E-state index in [9.17, 15) is 4.79 Å². The summed E-state index contributed by atoms with van der Waals surface area (Å²) in [5.41, 5.74) is 0. The van der Waals surface area contributed by atoms with Gasteiger partial charge in [0, 0.05) is 19.6 Å². The van der Waals surface area contributed by atoms with Gasteiger partial charge in [-0.2, -0.15) is 0 Å². The largest absolute Gasteiger partial charge is 0.356 e. The van der Waals surface area contributed by atoms with Gasteiger partial charge in [-0.15, -0.1) is 0 Å². The quantitative estimate of drug-likeness (QED) is 0.704. The minimum absolute atomic E-state index is 0.249. The van der Waals surface area contributed by atoms with Crippen molar-refractivity contribution in [3.63, 3.8) is 0 Å². The monoisotopic (exact) mass is 196 g/mol. The van der Waals surface area contributed by atoms with Gasteiger partial charge in [-0.25, -0.2) is 0 Å². The van der Waals surface area contributed by atoms with Crippen molar-refractivity contribution in [1.82, 2.24) is 10.6 Å². The van der Waals surface area contributed by atoms with Crippen LogP contribution in [0.3, 0.4) is 0 Å². The smallest absolute Gasteiger partial charge is 0.225 e. The third-order valence-electron chi connectivity index (χ3n) is 3.44. The molecule has 1 aliphatic heterocycles. The molecule has 0 aromatic heterocycles. The van der Waals surface area contributed by atoms with E-state index < -0.39 is 0 Å². The SMILES string of the molecule is O=C(NCC1CCCCC1)C1CNC1. The molecule has 0 aromatic carbocycles. The Balaban J connectivity index is 1.62. The molecule has 1 heterocycles. The van der Waals surface area contributed by atoms with Crippen LogP contribution in [-0.4, -0.2) is 25.5 Å². The number of amides is 1. The Morgan fingerprint density at radius 1 is 1.21 bits per heavy atom. The van der Waals surface area contributed by atoms with E-state index in [1.807, 2.05) is 0 Å². The lowest BCUT2D eigenvalue weighted by molar-refractivity contribution is -0.126. The van der Waals surface area contributed by atoms with E-state index in [2.05, 4.69) is 10.6 Å². The zero-order valence-electron chi connectivity index (χ0n) is 8.72. The molecule has 0 aromatic rings. The fourth-order valence-electron chi connectivity index (χ4n) is 2.25. The summed E-state index contributed by atoms with van der Waals surface area (Å²) < 4.78 is 0.